The highest BCUT2D eigenvalue weighted by Gasteiger charge is 2.27. The van der Waals surface area contributed by atoms with Crippen LogP contribution in [0.25, 0.3) is 10.8 Å². The Morgan fingerprint density at radius 2 is 2.06 bits per heavy atom. The Kier molecular flexibility index (Phi) is 2.07. The Bertz CT molecular complexity index is 587. The van der Waals surface area contributed by atoms with E-state index in [1.807, 2.05) is 38.1 Å². The first-order valence-electron chi connectivity index (χ1n) is 5.63. The van der Waals surface area contributed by atoms with Crippen LogP contribution in [-0.4, -0.2) is 10.9 Å². The molecule has 17 heavy (non-hydrogen) atoms. The highest BCUT2D eigenvalue weighted by atomic mass is 16.7. The van der Waals surface area contributed by atoms with Gasteiger partial charge in [0.25, 0.3) is 0 Å². The molecule has 3 heteroatoms. The monoisotopic (exact) mass is 230 g/mol. The molecule has 0 amide bonds. The number of phenols is 1. The maximum absolute atomic E-state index is 9.79. The molecule has 1 heterocycles. The van der Waals surface area contributed by atoms with Gasteiger partial charge in [-0.15, -0.1) is 0 Å². The van der Waals surface area contributed by atoms with E-state index in [0.717, 1.165) is 22.1 Å². The number of hydrogen-bond acceptors (Lipinski definition) is 3. The zero-order chi connectivity index (χ0) is 12.0. The molecule has 0 aromatic heterocycles. The lowest BCUT2D eigenvalue weighted by Crippen LogP contribution is -2.35. The summed E-state index contributed by atoms with van der Waals surface area (Å²) in [6, 6.07) is 9.35. The van der Waals surface area contributed by atoms with Gasteiger partial charge in [0.1, 0.15) is 11.5 Å². The number of hydrogen-bond donors (Lipinski definition) is 1. The van der Waals surface area contributed by atoms with Crippen molar-refractivity contribution in [3.05, 3.63) is 35.9 Å². The van der Waals surface area contributed by atoms with Crippen molar-refractivity contribution in [1.82, 2.24) is 0 Å². The molecule has 0 saturated heterocycles. The van der Waals surface area contributed by atoms with Crippen LogP contribution in [0.15, 0.2) is 30.3 Å². The summed E-state index contributed by atoms with van der Waals surface area (Å²) >= 11 is 0. The summed E-state index contributed by atoms with van der Waals surface area (Å²) in [5.74, 6) is 0.534. The summed E-state index contributed by atoms with van der Waals surface area (Å²) in [6.07, 6.45) is 0. The van der Waals surface area contributed by atoms with Crippen LogP contribution in [0.2, 0.25) is 0 Å². The summed E-state index contributed by atoms with van der Waals surface area (Å²) in [5.41, 5.74) is 0.971. The third kappa shape index (κ3) is 1.72. The molecular formula is C14H14O3. The normalized spacial score (nSPS) is 17.5. The molecule has 1 N–H and O–H groups in total. The Balaban J connectivity index is 2.21. The molecule has 2 aromatic carbocycles. The van der Waals surface area contributed by atoms with Crippen molar-refractivity contribution in [2.45, 2.75) is 26.2 Å². The minimum absolute atomic E-state index is 0.287. The lowest BCUT2D eigenvalue weighted by atomic mass is 10.0. The van der Waals surface area contributed by atoms with Crippen molar-refractivity contribution >= 4 is 10.8 Å². The summed E-state index contributed by atoms with van der Waals surface area (Å²) in [5, 5.41) is 11.6. The molecule has 3 rings (SSSR count). The number of aromatic hydroxyl groups is 1. The van der Waals surface area contributed by atoms with Crippen molar-refractivity contribution in [2.75, 3.05) is 0 Å². The highest BCUT2D eigenvalue weighted by molar-refractivity contribution is 5.90. The van der Waals surface area contributed by atoms with Gasteiger partial charge in [-0.2, -0.15) is 0 Å². The number of phenolic OH excluding ortho intramolecular Hbond substituents is 1. The molecule has 0 radical (unpaired) electrons. The van der Waals surface area contributed by atoms with E-state index in [1.54, 1.807) is 6.07 Å². The van der Waals surface area contributed by atoms with Crippen molar-refractivity contribution in [2.24, 2.45) is 0 Å². The van der Waals surface area contributed by atoms with E-state index in [1.165, 1.54) is 0 Å². The van der Waals surface area contributed by atoms with E-state index in [4.69, 9.17) is 9.47 Å². The molecule has 1 aliphatic heterocycles. The van der Waals surface area contributed by atoms with Gasteiger partial charge in [-0.1, -0.05) is 12.1 Å². The van der Waals surface area contributed by atoms with Crippen LogP contribution in [0, 0.1) is 0 Å². The quantitative estimate of drug-likeness (QED) is 0.755. The van der Waals surface area contributed by atoms with Gasteiger partial charge in [0.15, 0.2) is 0 Å². The van der Waals surface area contributed by atoms with Gasteiger partial charge in [-0.05, 0) is 23.6 Å². The average Bonchev–Trinajstić information content (AvgIpc) is 2.26. The molecule has 1 aliphatic rings. The molecule has 88 valence electrons. The van der Waals surface area contributed by atoms with Gasteiger partial charge >= 0.3 is 0 Å². The number of fused-ring (bicyclic) bond motifs is 2. The lowest BCUT2D eigenvalue weighted by molar-refractivity contribution is -0.179. The van der Waals surface area contributed by atoms with Crippen molar-refractivity contribution in [3.8, 4) is 11.5 Å². The largest absolute Gasteiger partial charge is 0.507 e. The van der Waals surface area contributed by atoms with Crippen LogP contribution in [0.3, 0.4) is 0 Å². The smallest absolute Gasteiger partial charge is 0.205 e. The molecule has 0 aliphatic carbocycles. The Morgan fingerprint density at radius 1 is 1.24 bits per heavy atom. The van der Waals surface area contributed by atoms with Crippen molar-refractivity contribution in [1.29, 1.82) is 0 Å². The summed E-state index contributed by atoms with van der Waals surface area (Å²) < 4.78 is 11.3. The predicted molar refractivity (Wildman–Crippen MR) is 65.1 cm³/mol. The van der Waals surface area contributed by atoms with E-state index in [2.05, 4.69) is 0 Å². The SMILES string of the molecule is CC1(C)OCc2cc3c(O)cccc3cc2O1. The maximum Gasteiger partial charge on any atom is 0.205 e. The summed E-state index contributed by atoms with van der Waals surface area (Å²) in [6.45, 7) is 4.29. The molecule has 0 saturated carbocycles. The lowest BCUT2D eigenvalue weighted by Gasteiger charge is -2.32. The van der Waals surface area contributed by atoms with Crippen LogP contribution < -0.4 is 4.74 Å². The maximum atomic E-state index is 9.79. The third-order valence-electron chi connectivity index (χ3n) is 2.97. The fraction of sp³-hybridized carbons (Fsp3) is 0.286. The van der Waals surface area contributed by atoms with E-state index in [0.29, 0.717) is 6.61 Å². The van der Waals surface area contributed by atoms with E-state index < -0.39 is 5.79 Å². The zero-order valence-corrected chi connectivity index (χ0v) is 9.86. The van der Waals surface area contributed by atoms with Crippen LogP contribution >= 0.6 is 0 Å². The Labute approximate surface area is 99.6 Å². The summed E-state index contributed by atoms with van der Waals surface area (Å²) in [7, 11) is 0. The molecule has 0 bridgehead atoms. The molecule has 0 fully saturated rings. The first-order chi connectivity index (χ1) is 8.05. The molecule has 0 atom stereocenters. The summed E-state index contributed by atoms with van der Waals surface area (Å²) in [4.78, 5) is 0. The second-order valence-electron chi connectivity index (χ2n) is 4.75. The van der Waals surface area contributed by atoms with Gasteiger partial charge in [0.2, 0.25) is 5.79 Å². The minimum atomic E-state index is -0.586. The van der Waals surface area contributed by atoms with Crippen LogP contribution in [0.5, 0.6) is 11.5 Å². The van der Waals surface area contributed by atoms with Gasteiger partial charge in [0, 0.05) is 24.8 Å². The molecule has 0 unspecified atom stereocenters. The van der Waals surface area contributed by atoms with Gasteiger partial charge in [-0.3, -0.25) is 0 Å². The second kappa shape index (κ2) is 3.37. The van der Waals surface area contributed by atoms with Gasteiger partial charge < -0.3 is 14.6 Å². The first-order valence-corrected chi connectivity index (χ1v) is 5.63. The molecule has 0 spiro atoms. The zero-order valence-electron chi connectivity index (χ0n) is 9.86. The topological polar surface area (TPSA) is 38.7 Å². The van der Waals surface area contributed by atoms with E-state index in [-0.39, 0.29) is 5.75 Å². The van der Waals surface area contributed by atoms with Crippen LogP contribution in [0.1, 0.15) is 19.4 Å². The Morgan fingerprint density at radius 3 is 2.88 bits per heavy atom. The third-order valence-corrected chi connectivity index (χ3v) is 2.97. The number of benzene rings is 2. The van der Waals surface area contributed by atoms with E-state index in [9.17, 15) is 5.11 Å². The highest BCUT2D eigenvalue weighted by Crippen LogP contribution is 2.36. The molecular weight excluding hydrogens is 216 g/mol. The number of ether oxygens (including phenoxy) is 2. The second-order valence-corrected chi connectivity index (χ2v) is 4.75. The van der Waals surface area contributed by atoms with Crippen molar-refractivity contribution in [3.63, 3.8) is 0 Å². The van der Waals surface area contributed by atoms with Crippen LogP contribution in [0.4, 0.5) is 0 Å². The average molecular weight is 230 g/mol. The number of rotatable bonds is 0. The standard InChI is InChI=1S/C14H14O3/c1-14(2)16-8-10-6-11-9(7-13(10)17-14)4-3-5-12(11)15/h3-7,15H,8H2,1-2H3. The fourth-order valence-corrected chi connectivity index (χ4v) is 2.09. The predicted octanol–water partition coefficient (Wildman–Crippen LogP) is 3.19. The fourth-order valence-electron chi connectivity index (χ4n) is 2.09. The minimum Gasteiger partial charge on any atom is -0.507 e. The Hall–Kier alpha value is -1.74. The van der Waals surface area contributed by atoms with Gasteiger partial charge in [0.05, 0.1) is 6.61 Å². The molecule has 2 aromatic rings. The van der Waals surface area contributed by atoms with E-state index >= 15 is 0 Å². The van der Waals surface area contributed by atoms with Crippen LogP contribution in [-0.2, 0) is 11.3 Å². The van der Waals surface area contributed by atoms with Crippen molar-refractivity contribution < 1.29 is 14.6 Å². The van der Waals surface area contributed by atoms with Gasteiger partial charge in [-0.25, -0.2) is 0 Å². The molecule has 3 nitrogen and oxygen atoms in total. The first kappa shape index (κ1) is 10.4.